The van der Waals surface area contributed by atoms with E-state index in [0.717, 1.165) is 8.96 Å². The summed E-state index contributed by atoms with van der Waals surface area (Å²) < 4.78 is 29.7. The Morgan fingerprint density at radius 1 is 1.23 bits per heavy atom. The van der Waals surface area contributed by atoms with Gasteiger partial charge in [-0.15, -0.1) is 0 Å². The molecule has 0 amide bonds. The van der Waals surface area contributed by atoms with Crippen LogP contribution in [-0.2, 0) is 4.79 Å². The number of aldehydes is 1. The fourth-order valence-corrected chi connectivity index (χ4v) is 2.53. The number of halogens is 2. The Kier molecular flexibility index (Phi) is 6.21. The minimum atomic E-state index is -3.68. The maximum Gasteiger partial charge on any atom is 0.736 e. The fourth-order valence-electron chi connectivity index (χ4n) is 2.53. The van der Waals surface area contributed by atoms with E-state index in [1.54, 1.807) is 30.4 Å². The number of fused-ring (bicyclic) bond motifs is 2. The predicted molar refractivity (Wildman–Crippen MR) is 88.4 cm³/mol. The van der Waals surface area contributed by atoms with Gasteiger partial charge in [0.15, 0.2) is 12.0 Å². The summed E-state index contributed by atoms with van der Waals surface area (Å²) in [7, 11) is 0. The van der Waals surface area contributed by atoms with Gasteiger partial charge in [0.25, 0.3) is 0 Å². The monoisotopic (exact) mass is 372 g/mol. The molecule has 1 aromatic rings. The van der Waals surface area contributed by atoms with Crippen LogP contribution in [-0.4, -0.2) is 85.0 Å². The van der Waals surface area contributed by atoms with Crippen LogP contribution in [0.3, 0.4) is 0 Å². The topological polar surface area (TPSA) is 126 Å². The zero-order valence-electron chi connectivity index (χ0n) is 13.5. The predicted octanol–water partition coefficient (Wildman–Crippen LogP) is -1.66. The highest BCUT2D eigenvalue weighted by molar-refractivity contribution is 6.57. The third-order valence-electron chi connectivity index (χ3n) is 4.01. The quantitative estimate of drug-likeness (QED) is 0.311. The highest BCUT2D eigenvalue weighted by atomic mass is 19.2. The van der Waals surface area contributed by atoms with Crippen molar-refractivity contribution < 1.29 is 43.4 Å². The number of hydrogen-bond acceptors (Lipinski definition) is 6. The summed E-state index contributed by atoms with van der Waals surface area (Å²) in [6, 6.07) is 3.32. The lowest BCUT2D eigenvalue weighted by molar-refractivity contribution is -0.355. The summed E-state index contributed by atoms with van der Waals surface area (Å²) in [5.41, 5.74) is 1.11. The van der Waals surface area contributed by atoms with E-state index in [4.69, 9.17) is 25.5 Å². The van der Waals surface area contributed by atoms with E-state index in [9.17, 15) is 13.4 Å². The van der Waals surface area contributed by atoms with Crippen LogP contribution in [0.25, 0.3) is 6.08 Å². The molecule has 2 aliphatic heterocycles. The number of hydrogen-bond donors (Lipinski definition) is 5. The number of carbonyl (C=O) groups excluding carboxylic acids is 1. The Bertz CT molecular complexity index is 748. The molecule has 1 aromatic heterocycles. The van der Waals surface area contributed by atoms with Gasteiger partial charge in [0.2, 0.25) is 0 Å². The van der Waals surface area contributed by atoms with Gasteiger partial charge in [-0.25, -0.2) is 0 Å². The second kappa shape index (κ2) is 8.02. The fraction of sp³-hybridized carbons (Fsp3) is 0.333. The lowest BCUT2D eigenvalue weighted by atomic mass is 9.92. The molecule has 2 aliphatic rings. The molecule has 11 heteroatoms. The first-order chi connectivity index (χ1) is 12.2. The number of nitrogens with zero attached hydrogens (tertiary/aromatic N) is 2. The van der Waals surface area contributed by atoms with Gasteiger partial charge in [-0.2, -0.15) is 0 Å². The van der Waals surface area contributed by atoms with Crippen molar-refractivity contribution in [2.75, 3.05) is 6.61 Å². The van der Waals surface area contributed by atoms with Gasteiger partial charge in [0.05, 0.1) is 6.61 Å². The molecule has 0 bridgehead atoms. The van der Waals surface area contributed by atoms with Crippen LogP contribution in [0.15, 0.2) is 36.2 Å². The largest absolute Gasteiger partial charge is 0.736 e. The van der Waals surface area contributed by atoms with E-state index in [-0.39, 0.29) is 6.29 Å². The Hall–Kier alpha value is -2.18. The molecule has 5 N–H and O–H groups in total. The molecule has 0 saturated heterocycles. The highest BCUT2D eigenvalue weighted by Crippen LogP contribution is 2.28. The standard InChI is InChI=1S/C9H7BF2N2.C6H12O6/c11-10(12)13-5-1-3-8(13)7-9-4-2-6-14(9)10;7-1-3(9)5(11)6(12)4(10)2-8/h1-7H;1,3-6,8-12H,2H2/t;3-,4+,5+,6+/m.0/s1. The highest BCUT2D eigenvalue weighted by Gasteiger charge is 2.49. The number of rotatable bonds is 5. The molecule has 26 heavy (non-hydrogen) atoms. The second-order valence-electron chi connectivity index (χ2n) is 5.77. The summed E-state index contributed by atoms with van der Waals surface area (Å²) in [6.07, 6.45) is 1.05. The summed E-state index contributed by atoms with van der Waals surface area (Å²) >= 11 is 0. The van der Waals surface area contributed by atoms with Gasteiger partial charge >= 0.3 is 6.97 Å². The zero-order chi connectivity index (χ0) is 19.5. The van der Waals surface area contributed by atoms with Crippen LogP contribution in [0.1, 0.15) is 5.69 Å². The maximum absolute atomic E-state index is 13.8. The van der Waals surface area contributed by atoms with Crippen molar-refractivity contribution in [3.63, 3.8) is 0 Å². The Morgan fingerprint density at radius 2 is 1.92 bits per heavy atom. The Labute approximate surface area is 147 Å². The van der Waals surface area contributed by atoms with Gasteiger partial charge in [-0.3, -0.25) is 0 Å². The minimum absolute atomic E-state index is 0.0258. The SMILES string of the molecule is F[B-]1(F)n2cccc2C=C2C=CC=[N+]21.O=C[C@H](O)[C@@H](O)[C@H](O)[C@H](O)CO. The molecular weight excluding hydrogens is 353 g/mol. The molecular formula is C15H19BF2N2O6. The van der Waals surface area contributed by atoms with Crippen LogP contribution in [0.4, 0.5) is 8.63 Å². The maximum atomic E-state index is 13.8. The third-order valence-corrected chi connectivity index (χ3v) is 4.01. The summed E-state index contributed by atoms with van der Waals surface area (Å²) in [4.78, 5) is 9.90. The van der Waals surface area contributed by atoms with Gasteiger partial charge < -0.3 is 47.9 Å². The van der Waals surface area contributed by atoms with Gasteiger partial charge in [0, 0.05) is 23.9 Å². The van der Waals surface area contributed by atoms with E-state index < -0.39 is 38.0 Å². The molecule has 0 unspecified atom stereocenters. The van der Waals surface area contributed by atoms with Crippen molar-refractivity contribution in [2.24, 2.45) is 0 Å². The van der Waals surface area contributed by atoms with Crippen molar-refractivity contribution in [3.05, 3.63) is 41.9 Å². The number of allylic oxidation sites excluding steroid dienone is 2. The summed E-state index contributed by atoms with van der Waals surface area (Å²) in [6.45, 7) is -4.44. The van der Waals surface area contributed by atoms with E-state index in [2.05, 4.69) is 0 Å². The second-order valence-corrected chi connectivity index (χ2v) is 5.77. The number of carbonyl (C=O) groups is 1. The molecule has 3 rings (SSSR count). The van der Waals surface area contributed by atoms with Crippen LogP contribution in [0.5, 0.6) is 0 Å². The lowest BCUT2D eigenvalue weighted by Gasteiger charge is -2.27. The Balaban J connectivity index is 0.000000191. The van der Waals surface area contributed by atoms with Crippen molar-refractivity contribution >= 4 is 25.5 Å². The third kappa shape index (κ3) is 3.81. The van der Waals surface area contributed by atoms with Gasteiger partial charge in [0.1, 0.15) is 30.6 Å². The first-order valence-corrected chi connectivity index (χ1v) is 7.73. The smallest absolute Gasteiger partial charge is 0.396 e. The number of aliphatic hydroxyl groups is 5. The van der Waals surface area contributed by atoms with Gasteiger partial charge in [-0.1, -0.05) is 0 Å². The number of aliphatic hydroxyl groups excluding tert-OH is 5. The van der Waals surface area contributed by atoms with Crippen molar-refractivity contribution in [1.29, 1.82) is 0 Å². The summed E-state index contributed by atoms with van der Waals surface area (Å²) in [5, 5.41) is 43.5. The molecule has 142 valence electrons. The van der Waals surface area contributed by atoms with Crippen LogP contribution >= 0.6 is 0 Å². The average Bonchev–Trinajstić information content (AvgIpc) is 3.29. The van der Waals surface area contributed by atoms with E-state index in [0.29, 0.717) is 11.4 Å². The molecule has 4 atom stereocenters. The van der Waals surface area contributed by atoms with E-state index in [1.807, 2.05) is 0 Å². The van der Waals surface area contributed by atoms with Crippen LogP contribution in [0.2, 0.25) is 0 Å². The first kappa shape index (κ1) is 20.1. The van der Waals surface area contributed by atoms with Crippen LogP contribution < -0.4 is 0 Å². The molecule has 0 aliphatic carbocycles. The van der Waals surface area contributed by atoms with E-state index in [1.165, 1.54) is 12.4 Å². The Morgan fingerprint density at radius 3 is 2.54 bits per heavy atom. The average molecular weight is 372 g/mol. The van der Waals surface area contributed by atoms with Crippen molar-refractivity contribution in [3.8, 4) is 0 Å². The molecule has 0 radical (unpaired) electrons. The molecule has 0 spiro atoms. The van der Waals surface area contributed by atoms with Gasteiger partial charge in [-0.05, 0) is 18.3 Å². The minimum Gasteiger partial charge on any atom is -0.396 e. The molecule has 0 saturated carbocycles. The lowest BCUT2D eigenvalue weighted by Crippen LogP contribution is -2.48. The molecule has 8 nitrogen and oxygen atoms in total. The zero-order valence-corrected chi connectivity index (χ0v) is 13.5. The molecule has 0 fully saturated rings. The normalized spacial score (nSPS) is 21.2. The van der Waals surface area contributed by atoms with E-state index >= 15 is 0 Å². The molecule has 3 heterocycles. The van der Waals surface area contributed by atoms with Crippen LogP contribution in [0, 0.1) is 0 Å². The first-order valence-electron chi connectivity index (χ1n) is 7.73. The summed E-state index contributed by atoms with van der Waals surface area (Å²) in [5.74, 6) is 0. The number of aromatic nitrogens is 1. The molecule has 0 aromatic carbocycles. The van der Waals surface area contributed by atoms with Crippen molar-refractivity contribution in [1.82, 2.24) is 4.48 Å². The van der Waals surface area contributed by atoms with Crippen molar-refractivity contribution in [2.45, 2.75) is 24.4 Å².